The number of esters is 1. The number of benzene rings is 1. The van der Waals surface area contributed by atoms with Crippen molar-refractivity contribution in [1.82, 2.24) is 0 Å². The summed E-state index contributed by atoms with van der Waals surface area (Å²) in [5.41, 5.74) is 1.07. The molecule has 0 fully saturated rings. The van der Waals surface area contributed by atoms with E-state index in [0.717, 1.165) is 5.56 Å². The Bertz CT molecular complexity index is 345. The molecule has 4 heteroatoms. The van der Waals surface area contributed by atoms with Crippen LogP contribution in [-0.2, 0) is 14.3 Å². The van der Waals surface area contributed by atoms with E-state index in [1.54, 1.807) is 14.0 Å². The Morgan fingerprint density at radius 3 is 2.47 bits per heavy atom. The Kier molecular flexibility index (Phi) is 5.49. The quantitative estimate of drug-likeness (QED) is 0.713. The van der Waals surface area contributed by atoms with Crippen molar-refractivity contribution < 1.29 is 19.0 Å². The number of hydrogen-bond donors (Lipinski definition) is 0. The second kappa shape index (κ2) is 6.91. The van der Waals surface area contributed by atoms with Crippen LogP contribution < -0.4 is 4.74 Å². The Morgan fingerprint density at radius 2 is 1.94 bits per heavy atom. The third-order valence-electron chi connectivity index (χ3n) is 2.37. The van der Waals surface area contributed by atoms with Crippen LogP contribution in [0.5, 0.6) is 5.75 Å². The van der Waals surface area contributed by atoms with Gasteiger partial charge in [0, 0.05) is 7.11 Å². The summed E-state index contributed by atoms with van der Waals surface area (Å²) in [7, 11) is 1.66. The fourth-order valence-corrected chi connectivity index (χ4v) is 1.32. The van der Waals surface area contributed by atoms with E-state index in [-0.39, 0.29) is 18.7 Å². The number of rotatable bonds is 6. The molecule has 0 aliphatic heterocycles. The van der Waals surface area contributed by atoms with Crippen molar-refractivity contribution in [1.29, 1.82) is 0 Å². The molecule has 0 saturated heterocycles. The van der Waals surface area contributed by atoms with Crippen molar-refractivity contribution in [3.05, 3.63) is 29.8 Å². The summed E-state index contributed by atoms with van der Waals surface area (Å²) in [6.45, 7) is 4.03. The van der Waals surface area contributed by atoms with Gasteiger partial charge in [-0.05, 0) is 31.5 Å². The fraction of sp³-hybridized carbons (Fsp3) is 0.462. The van der Waals surface area contributed by atoms with E-state index in [1.165, 1.54) is 0 Å². The van der Waals surface area contributed by atoms with Gasteiger partial charge in [-0.3, -0.25) is 0 Å². The van der Waals surface area contributed by atoms with Crippen molar-refractivity contribution in [2.24, 2.45) is 0 Å². The number of carbonyl (C=O) groups excluding carboxylic acids is 1. The van der Waals surface area contributed by atoms with Crippen LogP contribution in [0.4, 0.5) is 0 Å². The predicted molar refractivity (Wildman–Crippen MR) is 64.0 cm³/mol. The van der Waals surface area contributed by atoms with Gasteiger partial charge in [0.05, 0.1) is 12.7 Å². The van der Waals surface area contributed by atoms with Crippen LogP contribution in [0.25, 0.3) is 0 Å². The SMILES string of the molecule is CCOC(=O)COc1ccc(C(C)OC)cc1. The summed E-state index contributed by atoms with van der Waals surface area (Å²) in [6, 6.07) is 7.44. The first-order valence-corrected chi connectivity index (χ1v) is 5.58. The van der Waals surface area contributed by atoms with Crippen LogP contribution in [0.2, 0.25) is 0 Å². The van der Waals surface area contributed by atoms with Gasteiger partial charge in [-0.2, -0.15) is 0 Å². The number of carbonyl (C=O) groups is 1. The van der Waals surface area contributed by atoms with Gasteiger partial charge in [-0.1, -0.05) is 12.1 Å². The summed E-state index contributed by atoms with van der Waals surface area (Å²) >= 11 is 0. The van der Waals surface area contributed by atoms with Gasteiger partial charge < -0.3 is 14.2 Å². The minimum atomic E-state index is -0.359. The highest BCUT2D eigenvalue weighted by Gasteiger charge is 2.05. The Hall–Kier alpha value is -1.55. The van der Waals surface area contributed by atoms with E-state index in [9.17, 15) is 4.79 Å². The highest BCUT2D eigenvalue weighted by atomic mass is 16.6. The molecule has 94 valence electrons. The zero-order valence-corrected chi connectivity index (χ0v) is 10.4. The zero-order valence-electron chi connectivity index (χ0n) is 10.4. The molecule has 1 aromatic rings. The van der Waals surface area contributed by atoms with E-state index < -0.39 is 0 Å². The molecule has 17 heavy (non-hydrogen) atoms. The molecule has 1 atom stereocenters. The van der Waals surface area contributed by atoms with Crippen LogP contribution in [0, 0.1) is 0 Å². The maximum absolute atomic E-state index is 11.1. The molecule has 0 saturated carbocycles. The van der Waals surface area contributed by atoms with Crippen LogP contribution in [0.3, 0.4) is 0 Å². The number of methoxy groups -OCH3 is 1. The van der Waals surface area contributed by atoms with Gasteiger partial charge in [0.25, 0.3) is 0 Å². The Balaban J connectivity index is 2.48. The second-order valence-electron chi connectivity index (χ2n) is 3.54. The molecular formula is C13H18O4. The average molecular weight is 238 g/mol. The standard InChI is InChI=1S/C13H18O4/c1-4-16-13(14)9-17-12-7-5-11(6-8-12)10(2)15-3/h5-8,10H,4,9H2,1-3H3. The molecule has 0 aromatic heterocycles. The van der Waals surface area contributed by atoms with Gasteiger partial charge in [0.15, 0.2) is 6.61 Å². The van der Waals surface area contributed by atoms with E-state index in [2.05, 4.69) is 0 Å². The first-order valence-electron chi connectivity index (χ1n) is 5.58. The van der Waals surface area contributed by atoms with Gasteiger partial charge >= 0.3 is 5.97 Å². The van der Waals surface area contributed by atoms with Crippen molar-refractivity contribution in [3.8, 4) is 5.75 Å². The third-order valence-corrected chi connectivity index (χ3v) is 2.37. The van der Waals surface area contributed by atoms with Gasteiger partial charge in [0.1, 0.15) is 5.75 Å². The Morgan fingerprint density at radius 1 is 1.29 bits per heavy atom. The minimum Gasteiger partial charge on any atom is -0.482 e. The topological polar surface area (TPSA) is 44.8 Å². The second-order valence-corrected chi connectivity index (χ2v) is 3.54. The lowest BCUT2D eigenvalue weighted by Crippen LogP contribution is -2.14. The summed E-state index contributed by atoms with van der Waals surface area (Å²) in [4.78, 5) is 11.1. The van der Waals surface area contributed by atoms with Crippen molar-refractivity contribution in [3.63, 3.8) is 0 Å². The van der Waals surface area contributed by atoms with Crippen molar-refractivity contribution in [2.45, 2.75) is 20.0 Å². The zero-order chi connectivity index (χ0) is 12.7. The molecule has 0 bridgehead atoms. The van der Waals surface area contributed by atoms with Gasteiger partial charge in [-0.15, -0.1) is 0 Å². The molecule has 0 N–H and O–H groups in total. The minimum absolute atomic E-state index is 0.0501. The Labute approximate surface area is 101 Å². The van der Waals surface area contributed by atoms with E-state index in [4.69, 9.17) is 14.2 Å². The number of hydrogen-bond acceptors (Lipinski definition) is 4. The van der Waals surface area contributed by atoms with Crippen LogP contribution in [0.1, 0.15) is 25.5 Å². The maximum atomic E-state index is 11.1. The summed E-state index contributed by atoms with van der Waals surface area (Å²) in [5, 5.41) is 0. The molecular weight excluding hydrogens is 220 g/mol. The average Bonchev–Trinajstić information content (AvgIpc) is 2.36. The highest BCUT2D eigenvalue weighted by Crippen LogP contribution is 2.19. The number of ether oxygens (including phenoxy) is 3. The molecule has 0 spiro atoms. The first kappa shape index (κ1) is 13.5. The van der Waals surface area contributed by atoms with E-state index >= 15 is 0 Å². The van der Waals surface area contributed by atoms with Crippen molar-refractivity contribution in [2.75, 3.05) is 20.3 Å². The highest BCUT2D eigenvalue weighted by molar-refractivity contribution is 5.71. The predicted octanol–water partition coefficient (Wildman–Crippen LogP) is 2.34. The van der Waals surface area contributed by atoms with Gasteiger partial charge in [0.2, 0.25) is 0 Å². The molecule has 0 heterocycles. The fourth-order valence-electron chi connectivity index (χ4n) is 1.32. The largest absolute Gasteiger partial charge is 0.482 e. The molecule has 1 unspecified atom stereocenters. The van der Waals surface area contributed by atoms with Gasteiger partial charge in [-0.25, -0.2) is 4.79 Å². The normalized spacial score (nSPS) is 11.9. The first-order chi connectivity index (χ1) is 8.17. The molecule has 0 radical (unpaired) electrons. The molecule has 4 nitrogen and oxygen atoms in total. The molecule has 1 rings (SSSR count). The van der Waals surface area contributed by atoms with E-state index in [0.29, 0.717) is 12.4 Å². The molecule has 1 aromatic carbocycles. The summed E-state index contributed by atoms with van der Waals surface area (Å²) < 4.78 is 15.2. The summed E-state index contributed by atoms with van der Waals surface area (Å²) in [6.07, 6.45) is 0.0501. The van der Waals surface area contributed by atoms with E-state index in [1.807, 2.05) is 31.2 Å². The maximum Gasteiger partial charge on any atom is 0.344 e. The van der Waals surface area contributed by atoms with Crippen LogP contribution in [-0.4, -0.2) is 26.3 Å². The third kappa shape index (κ3) is 4.44. The molecule has 0 aliphatic rings. The van der Waals surface area contributed by atoms with Crippen LogP contribution >= 0.6 is 0 Å². The monoisotopic (exact) mass is 238 g/mol. The molecule has 0 amide bonds. The van der Waals surface area contributed by atoms with Crippen LogP contribution in [0.15, 0.2) is 24.3 Å². The lowest BCUT2D eigenvalue weighted by Gasteiger charge is -2.10. The summed E-state index contributed by atoms with van der Waals surface area (Å²) in [5.74, 6) is 0.284. The lowest BCUT2D eigenvalue weighted by molar-refractivity contribution is -0.145. The van der Waals surface area contributed by atoms with Crippen molar-refractivity contribution >= 4 is 5.97 Å². The smallest absolute Gasteiger partial charge is 0.344 e. The molecule has 0 aliphatic carbocycles. The lowest BCUT2D eigenvalue weighted by atomic mass is 10.1.